The number of aromatic nitrogens is 1. The summed E-state index contributed by atoms with van der Waals surface area (Å²) >= 11 is 6.18. The number of hydrogen-bond acceptors (Lipinski definition) is 4. The standard InChI is InChI=1S/C19H15ClFN3O2/c1-2-26-16-8-5-13-9-14(18(20)23-17(13)10-16)11-22-24-19(25)12-3-6-15(21)7-4-12/h3-11H,2H2,1H3,(H,24,25)/b22-11-. The van der Waals surface area contributed by atoms with Gasteiger partial charge in [0.25, 0.3) is 5.91 Å². The van der Waals surface area contributed by atoms with Gasteiger partial charge in [-0.25, -0.2) is 14.8 Å². The molecule has 0 aliphatic heterocycles. The predicted molar refractivity (Wildman–Crippen MR) is 99.4 cm³/mol. The van der Waals surface area contributed by atoms with Crippen molar-refractivity contribution in [1.29, 1.82) is 0 Å². The maximum atomic E-state index is 12.9. The molecule has 1 N–H and O–H groups in total. The zero-order valence-electron chi connectivity index (χ0n) is 13.9. The van der Waals surface area contributed by atoms with Gasteiger partial charge in [0.1, 0.15) is 16.7 Å². The molecule has 0 aliphatic rings. The molecular formula is C19H15ClFN3O2. The van der Waals surface area contributed by atoms with Crippen molar-refractivity contribution in [3.05, 3.63) is 70.6 Å². The minimum Gasteiger partial charge on any atom is -0.494 e. The predicted octanol–water partition coefficient (Wildman–Crippen LogP) is 4.19. The van der Waals surface area contributed by atoms with Crippen LogP contribution in [0.1, 0.15) is 22.8 Å². The first-order valence-electron chi connectivity index (χ1n) is 7.89. The summed E-state index contributed by atoms with van der Waals surface area (Å²) in [6.45, 7) is 2.47. The van der Waals surface area contributed by atoms with Gasteiger partial charge in [0, 0.05) is 22.6 Å². The normalized spacial score (nSPS) is 11.0. The molecule has 0 spiro atoms. The fraction of sp³-hybridized carbons (Fsp3) is 0.105. The number of benzene rings is 2. The number of hydrazone groups is 1. The average molecular weight is 372 g/mol. The molecule has 3 aromatic rings. The smallest absolute Gasteiger partial charge is 0.271 e. The quantitative estimate of drug-likeness (QED) is 0.415. The van der Waals surface area contributed by atoms with Crippen molar-refractivity contribution in [2.24, 2.45) is 5.10 Å². The number of nitrogens with one attached hydrogen (secondary N) is 1. The molecule has 0 unspecified atom stereocenters. The third-order valence-electron chi connectivity index (χ3n) is 3.56. The van der Waals surface area contributed by atoms with E-state index in [0.717, 1.165) is 11.1 Å². The third kappa shape index (κ3) is 4.15. The maximum Gasteiger partial charge on any atom is 0.271 e. The maximum absolute atomic E-state index is 12.9. The zero-order chi connectivity index (χ0) is 18.5. The summed E-state index contributed by atoms with van der Waals surface area (Å²) in [6, 6.07) is 12.5. The van der Waals surface area contributed by atoms with E-state index < -0.39 is 11.7 Å². The molecule has 0 saturated carbocycles. The van der Waals surface area contributed by atoms with Gasteiger partial charge in [-0.1, -0.05) is 11.6 Å². The Bertz CT molecular complexity index is 974. The Labute approximate surface area is 154 Å². The lowest BCUT2D eigenvalue weighted by molar-refractivity contribution is 0.0955. The molecule has 3 rings (SSSR count). The van der Waals surface area contributed by atoms with E-state index in [9.17, 15) is 9.18 Å². The second-order valence-electron chi connectivity index (χ2n) is 5.36. The van der Waals surface area contributed by atoms with Crippen molar-refractivity contribution < 1.29 is 13.9 Å². The van der Waals surface area contributed by atoms with E-state index in [4.69, 9.17) is 16.3 Å². The van der Waals surface area contributed by atoms with Crippen LogP contribution in [0.3, 0.4) is 0 Å². The second kappa shape index (κ2) is 7.93. The number of pyridine rings is 1. The fourth-order valence-electron chi connectivity index (χ4n) is 2.31. The molecule has 1 heterocycles. The van der Waals surface area contributed by atoms with Crippen LogP contribution in [-0.2, 0) is 0 Å². The molecule has 1 amide bonds. The number of ether oxygens (including phenoxy) is 1. The number of carbonyl (C=O) groups excluding carboxylic acids is 1. The van der Waals surface area contributed by atoms with Gasteiger partial charge in [-0.15, -0.1) is 0 Å². The highest BCUT2D eigenvalue weighted by atomic mass is 35.5. The first kappa shape index (κ1) is 17.8. The van der Waals surface area contributed by atoms with Crippen molar-refractivity contribution >= 4 is 34.6 Å². The molecular weight excluding hydrogens is 357 g/mol. The van der Waals surface area contributed by atoms with Crippen molar-refractivity contribution in [3.8, 4) is 5.75 Å². The summed E-state index contributed by atoms with van der Waals surface area (Å²) in [5, 5.41) is 5.01. The number of amides is 1. The Hall–Kier alpha value is -2.99. The van der Waals surface area contributed by atoms with Crippen LogP contribution in [0.25, 0.3) is 10.9 Å². The largest absolute Gasteiger partial charge is 0.494 e. The SMILES string of the molecule is CCOc1ccc2cc(/C=N\NC(=O)c3ccc(F)cc3)c(Cl)nc2c1. The van der Waals surface area contributed by atoms with E-state index in [0.29, 0.717) is 23.3 Å². The molecule has 1 aromatic heterocycles. The Morgan fingerprint density at radius 3 is 2.77 bits per heavy atom. The molecule has 0 fully saturated rings. The summed E-state index contributed by atoms with van der Waals surface area (Å²) in [4.78, 5) is 16.3. The number of rotatable bonds is 5. The number of hydrogen-bond donors (Lipinski definition) is 1. The van der Waals surface area contributed by atoms with Crippen LogP contribution in [0.15, 0.2) is 53.6 Å². The molecule has 7 heteroatoms. The van der Waals surface area contributed by atoms with Crippen LogP contribution >= 0.6 is 11.6 Å². The van der Waals surface area contributed by atoms with E-state index in [1.165, 1.54) is 30.5 Å². The molecule has 26 heavy (non-hydrogen) atoms. The molecule has 0 atom stereocenters. The molecule has 132 valence electrons. The highest BCUT2D eigenvalue weighted by molar-refractivity contribution is 6.32. The number of fused-ring (bicyclic) bond motifs is 1. The minimum absolute atomic E-state index is 0.255. The second-order valence-corrected chi connectivity index (χ2v) is 5.72. The van der Waals surface area contributed by atoms with Gasteiger partial charge in [0.15, 0.2) is 0 Å². The number of halogens is 2. The summed E-state index contributed by atoms with van der Waals surface area (Å²) in [5.74, 6) is -0.143. The van der Waals surface area contributed by atoms with Crippen LogP contribution in [0.5, 0.6) is 5.75 Å². The fourth-order valence-corrected chi connectivity index (χ4v) is 2.51. The van der Waals surface area contributed by atoms with Crippen molar-refractivity contribution in [3.63, 3.8) is 0 Å². The highest BCUT2D eigenvalue weighted by Crippen LogP contribution is 2.23. The van der Waals surface area contributed by atoms with E-state index in [1.54, 1.807) is 0 Å². The Morgan fingerprint density at radius 2 is 2.04 bits per heavy atom. The Morgan fingerprint density at radius 1 is 1.27 bits per heavy atom. The van der Waals surface area contributed by atoms with Gasteiger partial charge in [-0.05, 0) is 49.4 Å². The van der Waals surface area contributed by atoms with Gasteiger partial charge >= 0.3 is 0 Å². The lowest BCUT2D eigenvalue weighted by Gasteiger charge is -2.06. The van der Waals surface area contributed by atoms with Gasteiger partial charge in [0.05, 0.1) is 18.3 Å². The molecule has 0 saturated heterocycles. The monoisotopic (exact) mass is 371 g/mol. The van der Waals surface area contributed by atoms with Gasteiger partial charge in [-0.2, -0.15) is 5.10 Å². The van der Waals surface area contributed by atoms with Crippen molar-refractivity contribution in [2.75, 3.05) is 6.61 Å². The highest BCUT2D eigenvalue weighted by Gasteiger charge is 2.06. The average Bonchev–Trinajstić information content (AvgIpc) is 2.63. The molecule has 2 aromatic carbocycles. The lowest BCUT2D eigenvalue weighted by atomic mass is 10.1. The molecule has 0 bridgehead atoms. The Kier molecular flexibility index (Phi) is 5.43. The summed E-state index contributed by atoms with van der Waals surface area (Å²) in [6.07, 6.45) is 1.41. The van der Waals surface area contributed by atoms with E-state index >= 15 is 0 Å². The number of carbonyl (C=O) groups is 1. The summed E-state index contributed by atoms with van der Waals surface area (Å²) in [7, 11) is 0. The Balaban J connectivity index is 1.76. The summed E-state index contributed by atoms with van der Waals surface area (Å²) < 4.78 is 18.3. The lowest BCUT2D eigenvalue weighted by Crippen LogP contribution is -2.17. The first-order chi connectivity index (χ1) is 12.6. The molecule has 5 nitrogen and oxygen atoms in total. The summed E-state index contributed by atoms with van der Waals surface area (Å²) in [5.41, 5.74) is 3.93. The first-order valence-corrected chi connectivity index (χ1v) is 8.26. The topological polar surface area (TPSA) is 63.6 Å². The zero-order valence-corrected chi connectivity index (χ0v) is 14.6. The number of nitrogens with zero attached hydrogens (tertiary/aromatic N) is 2. The van der Waals surface area contributed by atoms with E-state index in [1.807, 2.05) is 31.2 Å². The van der Waals surface area contributed by atoms with E-state index in [-0.39, 0.29) is 5.15 Å². The molecule has 0 radical (unpaired) electrons. The van der Waals surface area contributed by atoms with Gasteiger partial charge in [-0.3, -0.25) is 4.79 Å². The van der Waals surface area contributed by atoms with Crippen LogP contribution in [0.2, 0.25) is 5.15 Å². The van der Waals surface area contributed by atoms with Crippen LogP contribution in [-0.4, -0.2) is 23.7 Å². The van der Waals surface area contributed by atoms with Crippen LogP contribution < -0.4 is 10.2 Å². The van der Waals surface area contributed by atoms with Gasteiger partial charge in [0.2, 0.25) is 0 Å². The molecule has 0 aliphatic carbocycles. The minimum atomic E-state index is -0.451. The third-order valence-corrected chi connectivity index (χ3v) is 3.86. The van der Waals surface area contributed by atoms with Crippen LogP contribution in [0, 0.1) is 5.82 Å². The van der Waals surface area contributed by atoms with Crippen molar-refractivity contribution in [2.45, 2.75) is 6.92 Å². The van der Waals surface area contributed by atoms with Crippen molar-refractivity contribution in [1.82, 2.24) is 10.4 Å². The van der Waals surface area contributed by atoms with E-state index in [2.05, 4.69) is 15.5 Å². The van der Waals surface area contributed by atoms with Gasteiger partial charge < -0.3 is 4.74 Å². The van der Waals surface area contributed by atoms with Crippen LogP contribution in [0.4, 0.5) is 4.39 Å².